The maximum Gasteiger partial charge on any atom is 0.459 e. The number of unbranched alkanes of at least 4 members (excludes halogenated alkanes) is 1. The zero-order valence-corrected chi connectivity index (χ0v) is 22.8. The van der Waals surface area contributed by atoms with Gasteiger partial charge in [-0.15, -0.1) is 0 Å². The van der Waals surface area contributed by atoms with Gasteiger partial charge >= 0.3 is 19.4 Å². The molecule has 4 N–H and O–H groups in total. The van der Waals surface area contributed by atoms with Crippen molar-refractivity contribution >= 4 is 19.5 Å². The van der Waals surface area contributed by atoms with Crippen molar-refractivity contribution in [2.24, 2.45) is 5.11 Å². The van der Waals surface area contributed by atoms with E-state index in [1.54, 1.807) is 30.3 Å². The number of benzene rings is 1. The Kier molecular flexibility index (Phi) is 12.9. The third-order valence-electron chi connectivity index (χ3n) is 5.16. The van der Waals surface area contributed by atoms with Crippen molar-refractivity contribution in [2.45, 2.75) is 58.1 Å². The predicted octanol–water partition coefficient (Wildman–Crippen LogP) is 2.93. The van der Waals surface area contributed by atoms with E-state index in [1.807, 2.05) is 6.92 Å². The maximum atomic E-state index is 13.7. The first kappa shape index (κ1) is 31.8. The van der Waals surface area contributed by atoms with Crippen molar-refractivity contribution in [3.8, 4) is 5.75 Å². The summed E-state index contributed by atoms with van der Waals surface area (Å²) in [6, 6.07) is 8.40. The monoisotopic (exact) mass is 567 g/mol. The van der Waals surface area contributed by atoms with Gasteiger partial charge in [-0.05, 0) is 44.0 Å². The third kappa shape index (κ3) is 10.7. The van der Waals surface area contributed by atoms with Gasteiger partial charge in [-0.3, -0.25) is 13.9 Å². The average molecular weight is 568 g/mol. The van der Waals surface area contributed by atoms with Gasteiger partial charge in [-0.1, -0.05) is 36.7 Å². The molecule has 0 saturated carbocycles. The van der Waals surface area contributed by atoms with Crippen molar-refractivity contribution in [1.29, 1.82) is 0 Å². The summed E-state index contributed by atoms with van der Waals surface area (Å²) in [7, 11) is -4.26. The smallest absolute Gasteiger partial charge is 0.459 e. The van der Waals surface area contributed by atoms with Crippen LogP contribution in [-0.2, 0) is 23.4 Å². The number of nitrogen functional groups attached to an aromatic ring is 1. The van der Waals surface area contributed by atoms with E-state index < -0.39 is 50.5 Å². The minimum Gasteiger partial charge on any atom is -0.465 e. The molecule has 5 atom stereocenters. The van der Waals surface area contributed by atoms with Crippen LogP contribution in [0.2, 0.25) is 0 Å². The number of ether oxygens (including phenoxy) is 2. The van der Waals surface area contributed by atoms with Crippen molar-refractivity contribution < 1.29 is 33.0 Å². The second-order valence-electron chi connectivity index (χ2n) is 8.39. The van der Waals surface area contributed by atoms with E-state index in [1.165, 1.54) is 26.1 Å². The van der Waals surface area contributed by atoms with Crippen LogP contribution in [0.15, 0.2) is 52.5 Å². The van der Waals surface area contributed by atoms with E-state index in [-0.39, 0.29) is 24.7 Å². The molecule has 2 aromatic rings. The summed E-state index contributed by atoms with van der Waals surface area (Å²) in [4.78, 5) is 31.0. The fourth-order valence-electron chi connectivity index (χ4n) is 3.06. The van der Waals surface area contributed by atoms with Crippen LogP contribution in [0.1, 0.15) is 39.8 Å². The van der Waals surface area contributed by atoms with Crippen molar-refractivity contribution in [3.63, 3.8) is 0 Å². The summed E-state index contributed by atoms with van der Waals surface area (Å²) in [6.45, 7) is 4.11. The van der Waals surface area contributed by atoms with Crippen LogP contribution in [0.5, 0.6) is 5.75 Å². The third-order valence-corrected chi connectivity index (χ3v) is 6.80. The number of rotatable bonds is 17. The van der Waals surface area contributed by atoms with E-state index in [0.717, 1.165) is 11.0 Å². The predicted molar refractivity (Wildman–Crippen MR) is 142 cm³/mol. The number of nitrogens with two attached hydrogens (primary N) is 1. The number of para-hydroxylation sites is 1. The van der Waals surface area contributed by atoms with Crippen LogP contribution in [0.3, 0.4) is 0 Å². The highest BCUT2D eigenvalue weighted by atomic mass is 31.2. The minimum atomic E-state index is -4.26. The Morgan fingerprint density at radius 2 is 2.03 bits per heavy atom. The lowest BCUT2D eigenvalue weighted by Gasteiger charge is -2.29. The molecule has 16 heteroatoms. The Morgan fingerprint density at radius 3 is 2.64 bits per heavy atom. The molecule has 0 aliphatic heterocycles. The summed E-state index contributed by atoms with van der Waals surface area (Å²) in [6.07, 6.45) is -0.830. The molecule has 0 radical (unpaired) electrons. The van der Waals surface area contributed by atoms with Crippen LogP contribution in [0.25, 0.3) is 10.4 Å². The van der Waals surface area contributed by atoms with Gasteiger partial charge in [0.15, 0.2) is 0 Å². The van der Waals surface area contributed by atoms with E-state index in [0.29, 0.717) is 6.42 Å². The highest BCUT2D eigenvalue weighted by molar-refractivity contribution is 7.52. The zero-order valence-electron chi connectivity index (χ0n) is 22.0. The highest BCUT2D eigenvalue weighted by Crippen LogP contribution is 2.45. The Labute approximate surface area is 225 Å². The molecule has 0 spiro atoms. The molecule has 0 saturated heterocycles. The molecule has 1 heterocycles. The van der Waals surface area contributed by atoms with Gasteiger partial charge in [0.2, 0.25) is 0 Å². The van der Waals surface area contributed by atoms with E-state index in [4.69, 9.17) is 29.8 Å². The number of aromatic nitrogens is 2. The van der Waals surface area contributed by atoms with Crippen LogP contribution < -0.4 is 21.0 Å². The van der Waals surface area contributed by atoms with E-state index in [2.05, 4.69) is 20.1 Å². The second kappa shape index (κ2) is 15.8. The number of carbonyl (C=O) groups excluding carboxylic acids is 1. The van der Waals surface area contributed by atoms with Crippen LogP contribution in [0.4, 0.5) is 5.82 Å². The zero-order chi connectivity index (χ0) is 28.8. The number of aliphatic hydroxyl groups excluding tert-OH is 1. The van der Waals surface area contributed by atoms with Crippen molar-refractivity contribution in [3.05, 3.63) is 63.5 Å². The molecule has 2 rings (SSSR count). The molecular weight excluding hydrogens is 533 g/mol. The van der Waals surface area contributed by atoms with E-state index >= 15 is 0 Å². The number of hydrogen-bond acceptors (Lipinski definition) is 11. The van der Waals surface area contributed by atoms with Crippen molar-refractivity contribution in [2.75, 3.05) is 25.5 Å². The Morgan fingerprint density at radius 1 is 1.31 bits per heavy atom. The lowest BCUT2D eigenvalue weighted by Crippen LogP contribution is -2.39. The molecule has 0 amide bonds. The number of nitrogens with zero attached hydrogens (tertiary/aromatic N) is 5. The fraction of sp³-hybridized carbons (Fsp3) is 0.522. The van der Waals surface area contributed by atoms with Gasteiger partial charge in [-0.25, -0.2) is 9.36 Å². The summed E-state index contributed by atoms with van der Waals surface area (Å²) in [5, 5.41) is 16.4. The molecule has 0 aliphatic carbocycles. The molecule has 1 aromatic carbocycles. The lowest BCUT2D eigenvalue weighted by molar-refractivity contribution is -0.145. The topological polar surface area (TPSA) is 213 Å². The molecule has 0 bridgehead atoms. The number of esters is 1. The van der Waals surface area contributed by atoms with Gasteiger partial charge in [-0.2, -0.15) is 10.1 Å². The second-order valence-corrected chi connectivity index (χ2v) is 10.1. The average Bonchev–Trinajstić information content (AvgIpc) is 2.89. The Hall–Kier alpha value is -3.45. The van der Waals surface area contributed by atoms with Crippen LogP contribution in [0, 0.1) is 0 Å². The normalized spacial score (nSPS) is 15.7. The molecule has 214 valence electrons. The molecule has 39 heavy (non-hydrogen) atoms. The molecule has 15 nitrogen and oxygen atoms in total. The number of aliphatic hydroxyl groups is 1. The maximum absolute atomic E-state index is 13.7. The summed E-state index contributed by atoms with van der Waals surface area (Å²) in [5.74, 6) is -0.492. The van der Waals surface area contributed by atoms with Crippen molar-refractivity contribution in [1.82, 2.24) is 14.6 Å². The molecular formula is C23H34N7O8P. The molecule has 2 unspecified atom stereocenters. The molecule has 0 fully saturated rings. The summed E-state index contributed by atoms with van der Waals surface area (Å²) < 4.78 is 37.0. The summed E-state index contributed by atoms with van der Waals surface area (Å²) in [5.41, 5.74) is 13.5. The number of azide groups is 1. The number of carbonyl (C=O) groups is 1. The SMILES string of the molecule is CCCCOC(=O)[C@H](C)NP(=O)(OC[C@@H](O[C@@H](CN=[N+]=[N-])n1ccc(N)nc1=O)C(C)O)Oc1ccccc1. The first-order chi connectivity index (χ1) is 18.6. The number of nitrogens with one attached hydrogen (secondary N) is 1. The summed E-state index contributed by atoms with van der Waals surface area (Å²) >= 11 is 0. The first-order valence-electron chi connectivity index (χ1n) is 12.2. The quantitative estimate of drug-likeness (QED) is 0.0631. The lowest BCUT2D eigenvalue weighted by atomic mass is 10.2. The minimum absolute atomic E-state index is 0.0263. The fourth-order valence-corrected chi connectivity index (χ4v) is 4.56. The van der Waals surface area contributed by atoms with Crippen LogP contribution in [-0.4, -0.2) is 58.6 Å². The Balaban J connectivity index is 2.25. The van der Waals surface area contributed by atoms with Gasteiger partial charge in [0.1, 0.15) is 29.9 Å². The number of anilines is 1. The largest absolute Gasteiger partial charge is 0.465 e. The number of hydrogen-bond donors (Lipinski definition) is 3. The van der Waals surface area contributed by atoms with Gasteiger partial charge in [0, 0.05) is 11.1 Å². The standard InChI is InChI=1S/C23H34N7O8P/c1-4-5-13-35-22(32)16(2)28-39(34,38-18-9-7-6-8-10-18)36-15-19(17(3)31)37-21(14-26-29-25)30-12-11-20(24)27-23(30)33/h6-12,16-17,19,21,31H,4-5,13-15H2,1-3H3,(H,28,34)(H2,24,27,33)/t16-,17?,19+,21-,39?/m0/s1. The van der Waals surface area contributed by atoms with Gasteiger partial charge in [0.25, 0.3) is 0 Å². The Bertz CT molecular complexity index is 1210. The highest BCUT2D eigenvalue weighted by Gasteiger charge is 2.34. The van der Waals surface area contributed by atoms with Gasteiger partial charge in [0.05, 0.1) is 25.9 Å². The van der Waals surface area contributed by atoms with E-state index in [9.17, 15) is 19.3 Å². The molecule has 1 aromatic heterocycles. The van der Waals surface area contributed by atoms with Crippen LogP contribution >= 0.6 is 7.75 Å². The molecule has 0 aliphatic rings. The van der Waals surface area contributed by atoms with Gasteiger partial charge < -0.3 is 24.8 Å². The first-order valence-corrected chi connectivity index (χ1v) is 13.8.